The number of rotatable bonds is 4. The van der Waals surface area contributed by atoms with E-state index >= 15 is 0 Å². The molecule has 1 aromatic rings. The van der Waals surface area contributed by atoms with Crippen LogP contribution in [-0.2, 0) is 5.41 Å². The summed E-state index contributed by atoms with van der Waals surface area (Å²) in [5.74, 6) is 1.97. The molecule has 0 N–H and O–H groups in total. The summed E-state index contributed by atoms with van der Waals surface area (Å²) in [5.41, 5.74) is 3.13. The number of benzene rings is 1. The van der Waals surface area contributed by atoms with E-state index in [1.165, 1.54) is 30.4 Å². The SMILES string of the molecule is Cc1cc(C(C)(C)C)ccc1OCC1(CS)CCC1. The molecule has 0 aromatic heterocycles. The number of hydrogen-bond acceptors (Lipinski definition) is 2. The first-order chi connectivity index (χ1) is 8.86. The highest BCUT2D eigenvalue weighted by molar-refractivity contribution is 7.80. The standard InChI is InChI=1S/C17H26OS/c1-13-10-14(16(2,3)4)6-7-15(13)18-11-17(12-19)8-5-9-17/h6-7,10,19H,5,8-9,11-12H2,1-4H3. The van der Waals surface area contributed by atoms with Crippen LogP contribution in [0.5, 0.6) is 5.75 Å². The first-order valence-electron chi connectivity index (χ1n) is 7.21. The second-order valence-electron chi connectivity index (χ2n) is 7.03. The number of aryl methyl sites for hydroxylation is 1. The Morgan fingerprint density at radius 2 is 1.95 bits per heavy atom. The Labute approximate surface area is 123 Å². The highest BCUT2D eigenvalue weighted by Gasteiger charge is 2.36. The molecule has 1 nitrogen and oxygen atoms in total. The van der Waals surface area contributed by atoms with E-state index in [0.717, 1.165) is 18.1 Å². The summed E-state index contributed by atoms with van der Waals surface area (Å²) in [4.78, 5) is 0. The Kier molecular flexibility index (Phi) is 4.20. The zero-order valence-electron chi connectivity index (χ0n) is 12.6. The summed E-state index contributed by atoms with van der Waals surface area (Å²) in [6.45, 7) is 9.68. The minimum absolute atomic E-state index is 0.198. The fourth-order valence-corrected chi connectivity index (χ4v) is 2.94. The average molecular weight is 278 g/mol. The highest BCUT2D eigenvalue weighted by Crippen LogP contribution is 2.42. The number of thiol groups is 1. The van der Waals surface area contributed by atoms with Crippen LogP contribution in [0.4, 0.5) is 0 Å². The maximum absolute atomic E-state index is 6.05. The largest absolute Gasteiger partial charge is 0.493 e. The predicted molar refractivity (Wildman–Crippen MR) is 85.5 cm³/mol. The fraction of sp³-hybridized carbons (Fsp3) is 0.647. The number of ether oxygens (including phenoxy) is 1. The maximum Gasteiger partial charge on any atom is 0.122 e. The van der Waals surface area contributed by atoms with Crippen LogP contribution in [-0.4, -0.2) is 12.4 Å². The third kappa shape index (κ3) is 3.28. The molecule has 0 unspecified atom stereocenters. The quantitative estimate of drug-likeness (QED) is 0.780. The lowest BCUT2D eigenvalue weighted by Gasteiger charge is -2.40. The summed E-state index contributed by atoms with van der Waals surface area (Å²) < 4.78 is 6.05. The van der Waals surface area contributed by atoms with Crippen LogP contribution in [0.15, 0.2) is 18.2 Å². The molecule has 106 valence electrons. The van der Waals surface area contributed by atoms with E-state index in [1.807, 2.05) is 0 Å². The van der Waals surface area contributed by atoms with Crippen molar-refractivity contribution in [2.24, 2.45) is 5.41 Å². The second-order valence-corrected chi connectivity index (χ2v) is 7.35. The molecular formula is C17H26OS. The minimum Gasteiger partial charge on any atom is -0.493 e. The summed E-state index contributed by atoms with van der Waals surface area (Å²) >= 11 is 4.48. The van der Waals surface area contributed by atoms with E-state index in [0.29, 0.717) is 5.41 Å². The van der Waals surface area contributed by atoms with E-state index in [2.05, 4.69) is 58.5 Å². The van der Waals surface area contributed by atoms with Crippen molar-refractivity contribution in [3.8, 4) is 5.75 Å². The van der Waals surface area contributed by atoms with Gasteiger partial charge in [0, 0.05) is 5.41 Å². The molecule has 1 aromatic carbocycles. The van der Waals surface area contributed by atoms with Gasteiger partial charge < -0.3 is 4.74 Å². The molecule has 2 heteroatoms. The van der Waals surface area contributed by atoms with Gasteiger partial charge in [-0.2, -0.15) is 12.6 Å². The van der Waals surface area contributed by atoms with Crippen LogP contribution >= 0.6 is 12.6 Å². The van der Waals surface area contributed by atoms with Gasteiger partial charge in [0.05, 0.1) is 6.61 Å². The van der Waals surface area contributed by atoms with Gasteiger partial charge in [0.2, 0.25) is 0 Å². The van der Waals surface area contributed by atoms with Crippen molar-refractivity contribution < 1.29 is 4.74 Å². The molecule has 1 fully saturated rings. The third-order valence-electron chi connectivity index (χ3n) is 4.32. The molecule has 1 saturated carbocycles. The van der Waals surface area contributed by atoms with Gasteiger partial charge >= 0.3 is 0 Å². The van der Waals surface area contributed by atoms with Gasteiger partial charge in [0.1, 0.15) is 5.75 Å². The van der Waals surface area contributed by atoms with Crippen molar-refractivity contribution in [3.63, 3.8) is 0 Å². The van der Waals surface area contributed by atoms with Crippen LogP contribution in [0, 0.1) is 12.3 Å². The molecule has 1 aliphatic rings. The van der Waals surface area contributed by atoms with E-state index in [4.69, 9.17) is 4.74 Å². The highest BCUT2D eigenvalue weighted by atomic mass is 32.1. The molecule has 19 heavy (non-hydrogen) atoms. The fourth-order valence-electron chi connectivity index (χ4n) is 2.53. The monoisotopic (exact) mass is 278 g/mol. The van der Waals surface area contributed by atoms with Crippen molar-refractivity contribution in [1.29, 1.82) is 0 Å². The molecule has 0 aliphatic heterocycles. The van der Waals surface area contributed by atoms with E-state index in [9.17, 15) is 0 Å². The normalized spacial score (nSPS) is 17.9. The Morgan fingerprint density at radius 1 is 1.26 bits per heavy atom. The molecule has 0 amide bonds. The van der Waals surface area contributed by atoms with Crippen LogP contribution < -0.4 is 4.74 Å². The minimum atomic E-state index is 0.198. The Morgan fingerprint density at radius 3 is 2.37 bits per heavy atom. The maximum atomic E-state index is 6.05. The summed E-state index contributed by atoms with van der Waals surface area (Å²) in [6, 6.07) is 6.57. The summed E-state index contributed by atoms with van der Waals surface area (Å²) in [6.07, 6.45) is 3.84. The van der Waals surface area contributed by atoms with Gasteiger partial charge in [-0.1, -0.05) is 39.3 Å². The van der Waals surface area contributed by atoms with Gasteiger partial charge in [-0.05, 0) is 48.1 Å². The molecule has 0 bridgehead atoms. The Balaban J connectivity index is 2.05. The molecule has 2 rings (SSSR count). The zero-order valence-corrected chi connectivity index (χ0v) is 13.5. The van der Waals surface area contributed by atoms with Crippen LogP contribution in [0.2, 0.25) is 0 Å². The topological polar surface area (TPSA) is 9.23 Å². The molecule has 0 saturated heterocycles. The van der Waals surface area contributed by atoms with Gasteiger partial charge in [-0.15, -0.1) is 0 Å². The summed E-state index contributed by atoms with van der Waals surface area (Å²) in [7, 11) is 0. The van der Waals surface area contributed by atoms with Gasteiger partial charge in [-0.3, -0.25) is 0 Å². The zero-order chi connectivity index (χ0) is 14.1. The van der Waals surface area contributed by atoms with Crippen LogP contribution in [0.1, 0.15) is 51.2 Å². The summed E-state index contributed by atoms with van der Waals surface area (Å²) in [5, 5.41) is 0. The van der Waals surface area contributed by atoms with Gasteiger partial charge in [0.15, 0.2) is 0 Å². The van der Waals surface area contributed by atoms with Crippen molar-refractivity contribution in [3.05, 3.63) is 29.3 Å². The molecule has 0 heterocycles. The van der Waals surface area contributed by atoms with Crippen molar-refractivity contribution in [2.75, 3.05) is 12.4 Å². The van der Waals surface area contributed by atoms with Gasteiger partial charge in [0.25, 0.3) is 0 Å². The molecule has 0 radical (unpaired) electrons. The number of hydrogen-bond donors (Lipinski definition) is 1. The van der Waals surface area contributed by atoms with Crippen molar-refractivity contribution in [1.82, 2.24) is 0 Å². The molecule has 1 aliphatic carbocycles. The second kappa shape index (κ2) is 5.40. The van der Waals surface area contributed by atoms with Crippen molar-refractivity contribution >= 4 is 12.6 Å². The van der Waals surface area contributed by atoms with Gasteiger partial charge in [-0.25, -0.2) is 0 Å². The Hall–Kier alpha value is -0.630. The lowest BCUT2D eigenvalue weighted by molar-refractivity contribution is 0.0825. The molecule has 0 spiro atoms. The lowest BCUT2D eigenvalue weighted by Crippen LogP contribution is -2.37. The van der Waals surface area contributed by atoms with Crippen molar-refractivity contribution in [2.45, 2.75) is 52.4 Å². The lowest BCUT2D eigenvalue weighted by atomic mass is 9.71. The third-order valence-corrected chi connectivity index (χ3v) is 5.00. The smallest absolute Gasteiger partial charge is 0.122 e. The van der Waals surface area contributed by atoms with E-state index in [1.54, 1.807) is 0 Å². The van der Waals surface area contributed by atoms with E-state index in [-0.39, 0.29) is 5.41 Å². The Bertz CT molecular complexity index is 436. The molecular weight excluding hydrogens is 252 g/mol. The van der Waals surface area contributed by atoms with Crippen LogP contribution in [0.3, 0.4) is 0 Å². The first kappa shape index (κ1) is 14.8. The first-order valence-corrected chi connectivity index (χ1v) is 7.84. The average Bonchev–Trinajstić information content (AvgIpc) is 2.28. The predicted octanol–water partition coefficient (Wildman–Crippen LogP) is 4.77. The molecule has 0 atom stereocenters. The van der Waals surface area contributed by atoms with E-state index < -0.39 is 0 Å². The van der Waals surface area contributed by atoms with Crippen LogP contribution in [0.25, 0.3) is 0 Å².